The van der Waals surface area contributed by atoms with Crippen LogP contribution in [0.2, 0.25) is 0 Å². The normalized spacial score (nSPS) is 13.8. The van der Waals surface area contributed by atoms with Crippen molar-refractivity contribution in [1.82, 2.24) is 4.57 Å². The SMILES string of the molecule is CC1(C)c2ccccc2-c2ccc(-n3c4ccccc4c4ccc(-c5ccc6oc7cc(Br)ccc7c6c5)cc43)cc21. The summed E-state index contributed by atoms with van der Waals surface area (Å²) in [4.78, 5) is 0. The first kappa shape index (κ1) is 24.0. The molecule has 0 spiro atoms. The first-order valence-electron chi connectivity index (χ1n) is 14.4. The molecule has 2 aromatic heterocycles. The second-order valence-corrected chi connectivity index (χ2v) is 12.9. The molecule has 0 bridgehead atoms. The minimum Gasteiger partial charge on any atom is -0.456 e. The molecule has 0 aliphatic heterocycles. The number of fused-ring (bicyclic) bond motifs is 9. The molecule has 2 nitrogen and oxygen atoms in total. The highest BCUT2D eigenvalue weighted by Gasteiger charge is 2.35. The summed E-state index contributed by atoms with van der Waals surface area (Å²) in [7, 11) is 0. The summed E-state index contributed by atoms with van der Waals surface area (Å²) in [5.41, 5.74) is 13.2. The fourth-order valence-corrected chi connectivity index (χ4v) is 7.53. The zero-order valence-electron chi connectivity index (χ0n) is 23.3. The van der Waals surface area contributed by atoms with Gasteiger partial charge in [-0.15, -0.1) is 0 Å². The molecule has 0 saturated heterocycles. The Morgan fingerprint density at radius 1 is 0.548 bits per heavy atom. The predicted octanol–water partition coefficient (Wildman–Crippen LogP) is 11.4. The van der Waals surface area contributed by atoms with Crippen LogP contribution in [0.4, 0.5) is 0 Å². The van der Waals surface area contributed by atoms with Crippen molar-refractivity contribution in [2.24, 2.45) is 0 Å². The monoisotopic (exact) mass is 603 g/mol. The number of benzene rings is 6. The van der Waals surface area contributed by atoms with Gasteiger partial charge in [0.15, 0.2) is 0 Å². The van der Waals surface area contributed by atoms with Crippen LogP contribution in [0.1, 0.15) is 25.0 Å². The van der Waals surface area contributed by atoms with E-state index in [0.29, 0.717) is 0 Å². The molecule has 0 fully saturated rings. The Labute approximate surface area is 251 Å². The first-order valence-corrected chi connectivity index (χ1v) is 15.2. The molecular formula is C39H26BrNO. The van der Waals surface area contributed by atoms with Crippen molar-refractivity contribution in [1.29, 1.82) is 0 Å². The third kappa shape index (κ3) is 3.26. The molecule has 2 heterocycles. The highest BCUT2D eigenvalue weighted by atomic mass is 79.9. The third-order valence-corrected chi connectivity index (χ3v) is 9.76. The average molecular weight is 605 g/mol. The molecule has 42 heavy (non-hydrogen) atoms. The molecule has 1 aliphatic rings. The van der Waals surface area contributed by atoms with E-state index >= 15 is 0 Å². The van der Waals surface area contributed by atoms with Crippen molar-refractivity contribution in [3.05, 3.63) is 137 Å². The molecular weight excluding hydrogens is 578 g/mol. The van der Waals surface area contributed by atoms with Crippen molar-refractivity contribution in [2.45, 2.75) is 19.3 Å². The Bertz CT molecular complexity index is 2400. The Kier molecular flexibility index (Phi) is 4.85. The maximum absolute atomic E-state index is 6.15. The van der Waals surface area contributed by atoms with Crippen molar-refractivity contribution in [3.63, 3.8) is 0 Å². The van der Waals surface area contributed by atoms with Crippen molar-refractivity contribution >= 4 is 59.7 Å². The molecule has 0 saturated carbocycles. The van der Waals surface area contributed by atoms with E-state index in [1.54, 1.807) is 0 Å². The van der Waals surface area contributed by atoms with E-state index in [9.17, 15) is 0 Å². The zero-order valence-corrected chi connectivity index (χ0v) is 24.9. The van der Waals surface area contributed by atoms with Crippen LogP contribution in [0.15, 0.2) is 130 Å². The number of hydrogen-bond acceptors (Lipinski definition) is 1. The summed E-state index contributed by atoms with van der Waals surface area (Å²) >= 11 is 3.57. The van der Waals surface area contributed by atoms with Gasteiger partial charge in [-0.1, -0.05) is 96.5 Å². The molecule has 3 heteroatoms. The van der Waals surface area contributed by atoms with Crippen molar-refractivity contribution < 1.29 is 4.42 Å². The molecule has 0 radical (unpaired) electrons. The van der Waals surface area contributed by atoms with Crippen molar-refractivity contribution in [2.75, 3.05) is 0 Å². The molecule has 6 aromatic carbocycles. The topological polar surface area (TPSA) is 18.1 Å². The summed E-state index contributed by atoms with van der Waals surface area (Å²) in [6, 6.07) is 44.3. The lowest BCUT2D eigenvalue weighted by atomic mass is 9.82. The van der Waals surface area contributed by atoms with Gasteiger partial charge in [0.1, 0.15) is 11.2 Å². The fraction of sp³-hybridized carbons (Fsp3) is 0.0769. The molecule has 8 aromatic rings. The van der Waals surface area contributed by atoms with Gasteiger partial charge >= 0.3 is 0 Å². The second kappa shape index (κ2) is 8.47. The van der Waals surface area contributed by atoms with E-state index in [1.165, 1.54) is 60.9 Å². The maximum atomic E-state index is 6.15. The van der Waals surface area contributed by atoms with Gasteiger partial charge in [0, 0.05) is 37.1 Å². The van der Waals surface area contributed by atoms with E-state index in [-0.39, 0.29) is 5.41 Å². The standard InChI is InChI=1S/C39H26BrNO/c1-39(2)33-9-5-3-7-27(33)28-17-14-26(22-34(28)39)41-35-10-6-4-8-29(35)30-15-11-24(20-36(30)41)23-12-18-37-32(19-23)31-16-13-25(40)21-38(31)42-37/h3-22H,1-2H3. The van der Waals surface area contributed by atoms with Crippen LogP contribution in [0.5, 0.6) is 0 Å². The van der Waals surface area contributed by atoms with Crippen LogP contribution in [-0.2, 0) is 5.41 Å². The largest absolute Gasteiger partial charge is 0.456 e. The highest BCUT2D eigenvalue weighted by molar-refractivity contribution is 9.10. The van der Waals surface area contributed by atoms with Crippen molar-refractivity contribution in [3.8, 4) is 27.9 Å². The second-order valence-electron chi connectivity index (χ2n) is 11.9. The molecule has 200 valence electrons. The molecule has 9 rings (SSSR count). The van der Waals surface area contributed by atoms with Crippen LogP contribution < -0.4 is 0 Å². The van der Waals surface area contributed by atoms with E-state index in [1.807, 2.05) is 6.07 Å². The molecule has 0 amide bonds. The summed E-state index contributed by atoms with van der Waals surface area (Å²) in [6.07, 6.45) is 0. The van der Waals surface area contributed by atoms with Gasteiger partial charge in [-0.25, -0.2) is 0 Å². The van der Waals surface area contributed by atoms with Gasteiger partial charge in [-0.3, -0.25) is 0 Å². The van der Waals surface area contributed by atoms with E-state index in [4.69, 9.17) is 4.42 Å². The van der Waals surface area contributed by atoms with Crippen LogP contribution in [0.25, 0.3) is 71.7 Å². The van der Waals surface area contributed by atoms with E-state index in [0.717, 1.165) is 26.4 Å². The number of nitrogens with zero attached hydrogens (tertiary/aromatic N) is 1. The lowest BCUT2D eigenvalue weighted by Crippen LogP contribution is -2.15. The quantitative estimate of drug-likeness (QED) is 0.192. The van der Waals surface area contributed by atoms with Gasteiger partial charge in [-0.2, -0.15) is 0 Å². The van der Waals surface area contributed by atoms with E-state index < -0.39 is 0 Å². The molecule has 0 unspecified atom stereocenters. The summed E-state index contributed by atoms with van der Waals surface area (Å²) < 4.78 is 9.61. The number of hydrogen-bond donors (Lipinski definition) is 0. The number of rotatable bonds is 2. The number of halogens is 1. The average Bonchev–Trinajstić information content (AvgIpc) is 3.61. The first-order chi connectivity index (χ1) is 20.5. The number of furan rings is 1. The summed E-state index contributed by atoms with van der Waals surface area (Å²) in [5, 5.41) is 4.80. The highest BCUT2D eigenvalue weighted by Crippen LogP contribution is 2.49. The summed E-state index contributed by atoms with van der Waals surface area (Å²) in [5.74, 6) is 0. The fourth-order valence-electron chi connectivity index (χ4n) is 7.19. The van der Waals surface area contributed by atoms with Crippen LogP contribution in [-0.4, -0.2) is 4.57 Å². The lowest BCUT2D eigenvalue weighted by Gasteiger charge is -2.22. The van der Waals surface area contributed by atoms with Gasteiger partial charge in [0.2, 0.25) is 0 Å². The van der Waals surface area contributed by atoms with E-state index in [2.05, 4.69) is 150 Å². The van der Waals surface area contributed by atoms with Gasteiger partial charge < -0.3 is 8.98 Å². The number of para-hydroxylation sites is 1. The zero-order chi connectivity index (χ0) is 28.2. The molecule has 1 aliphatic carbocycles. The minimum atomic E-state index is -0.0514. The Balaban J connectivity index is 1.27. The Morgan fingerprint density at radius 2 is 1.29 bits per heavy atom. The lowest BCUT2D eigenvalue weighted by molar-refractivity contribution is 0.660. The minimum absolute atomic E-state index is 0.0514. The van der Waals surface area contributed by atoms with Gasteiger partial charge in [0.05, 0.1) is 11.0 Å². The Morgan fingerprint density at radius 3 is 2.21 bits per heavy atom. The van der Waals surface area contributed by atoms with Crippen LogP contribution in [0, 0.1) is 0 Å². The van der Waals surface area contributed by atoms with Crippen LogP contribution in [0.3, 0.4) is 0 Å². The summed E-state index contributed by atoms with van der Waals surface area (Å²) in [6.45, 7) is 4.69. The Hall–Kier alpha value is -4.60. The van der Waals surface area contributed by atoms with Gasteiger partial charge in [0.25, 0.3) is 0 Å². The molecule has 0 N–H and O–H groups in total. The third-order valence-electron chi connectivity index (χ3n) is 9.27. The molecule has 0 atom stereocenters. The van der Waals surface area contributed by atoms with Gasteiger partial charge in [-0.05, 0) is 88.0 Å². The predicted molar refractivity (Wildman–Crippen MR) is 179 cm³/mol. The smallest absolute Gasteiger partial charge is 0.136 e. The maximum Gasteiger partial charge on any atom is 0.136 e. The number of aromatic nitrogens is 1. The van der Waals surface area contributed by atoms with Crippen LogP contribution >= 0.6 is 15.9 Å².